The highest BCUT2D eigenvalue weighted by atomic mass is 35.5. The molecule has 3 aromatic carbocycles. The normalized spacial score (nSPS) is 11.6. The molecule has 0 saturated carbocycles. The molecular weight excluding hydrogens is 438 g/mol. The second-order valence-electron chi connectivity index (χ2n) is 6.48. The van der Waals surface area contributed by atoms with Crippen LogP contribution in [0.3, 0.4) is 0 Å². The molecule has 0 spiro atoms. The maximum absolute atomic E-state index is 12.7. The second kappa shape index (κ2) is 9.63. The number of benzene rings is 3. The monoisotopic (exact) mass is 457 g/mol. The Hall–Kier alpha value is -3.36. The van der Waals surface area contributed by atoms with E-state index in [0.717, 1.165) is 0 Å². The van der Waals surface area contributed by atoms with Crippen LogP contribution in [0, 0.1) is 0 Å². The molecule has 9 heteroatoms. The highest BCUT2D eigenvalue weighted by molar-refractivity contribution is 7.92. The number of anilines is 1. The molecule has 0 saturated heterocycles. The molecule has 0 aliphatic rings. The number of hydrogen-bond donors (Lipinski definition) is 2. The summed E-state index contributed by atoms with van der Waals surface area (Å²) < 4.78 is 32.9. The highest BCUT2D eigenvalue weighted by Crippen LogP contribution is 2.20. The van der Waals surface area contributed by atoms with Crippen LogP contribution in [0.25, 0.3) is 0 Å². The second-order valence-corrected chi connectivity index (χ2v) is 8.57. The number of methoxy groups -OCH3 is 1. The van der Waals surface area contributed by atoms with Crippen LogP contribution in [0.1, 0.15) is 22.8 Å². The summed E-state index contributed by atoms with van der Waals surface area (Å²) in [7, 11) is -2.37. The van der Waals surface area contributed by atoms with Gasteiger partial charge < -0.3 is 4.74 Å². The molecule has 3 rings (SSSR count). The first-order valence-electron chi connectivity index (χ1n) is 9.16. The average molecular weight is 458 g/mol. The Morgan fingerprint density at radius 2 is 1.71 bits per heavy atom. The quantitative estimate of drug-likeness (QED) is 0.408. The molecule has 0 aliphatic carbocycles. The van der Waals surface area contributed by atoms with Gasteiger partial charge in [-0.1, -0.05) is 35.9 Å². The predicted octanol–water partition coefficient (Wildman–Crippen LogP) is 4.30. The van der Waals surface area contributed by atoms with Crippen LogP contribution in [-0.2, 0) is 10.0 Å². The molecule has 0 radical (unpaired) electrons. The minimum atomic E-state index is -3.89. The maximum Gasteiger partial charge on any atom is 0.271 e. The molecule has 160 valence electrons. The van der Waals surface area contributed by atoms with E-state index in [1.165, 1.54) is 31.4 Å². The third-order valence-corrected chi connectivity index (χ3v) is 6.05. The molecule has 0 unspecified atom stereocenters. The van der Waals surface area contributed by atoms with Gasteiger partial charge in [0.25, 0.3) is 15.9 Å². The Balaban J connectivity index is 1.76. The van der Waals surface area contributed by atoms with Crippen molar-refractivity contribution in [2.45, 2.75) is 11.8 Å². The maximum atomic E-state index is 12.7. The van der Waals surface area contributed by atoms with Gasteiger partial charge in [-0.2, -0.15) is 5.10 Å². The van der Waals surface area contributed by atoms with Crippen molar-refractivity contribution >= 4 is 38.9 Å². The summed E-state index contributed by atoms with van der Waals surface area (Å²) in [6.45, 7) is 1.71. The lowest BCUT2D eigenvalue weighted by Gasteiger charge is -2.10. The zero-order valence-electron chi connectivity index (χ0n) is 16.8. The third kappa shape index (κ3) is 5.62. The number of halogens is 1. The van der Waals surface area contributed by atoms with Crippen molar-refractivity contribution in [3.05, 3.63) is 88.9 Å². The van der Waals surface area contributed by atoms with E-state index in [1.54, 1.807) is 49.4 Å². The predicted molar refractivity (Wildman–Crippen MR) is 121 cm³/mol. The number of carbonyl (C=O) groups is 1. The van der Waals surface area contributed by atoms with E-state index in [9.17, 15) is 13.2 Å². The van der Waals surface area contributed by atoms with Crippen LogP contribution in [0.5, 0.6) is 5.75 Å². The number of nitrogens with zero attached hydrogens (tertiary/aromatic N) is 1. The summed E-state index contributed by atoms with van der Waals surface area (Å²) in [5, 5.41) is 4.57. The van der Waals surface area contributed by atoms with Gasteiger partial charge in [-0.3, -0.25) is 9.52 Å². The largest absolute Gasteiger partial charge is 0.497 e. The van der Waals surface area contributed by atoms with Crippen molar-refractivity contribution in [1.82, 2.24) is 5.43 Å². The first-order chi connectivity index (χ1) is 14.8. The molecule has 0 heterocycles. The topological polar surface area (TPSA) is 96.9 Å². The third-order valence-electron chi connectivity index (χ3n) is 4.34. The number of hydrazone groups is 1. The Morgan fingerprint density at radius 1 is 1.00 bits per heavy atom. The number of hydrogen-bond acceptors (Lipinski definition) is 5. The standard InChI is InChI=1S/C22H20ClN3O4S/c1-15(20-8-3-4-9-21(20)23)24-25-22(27)16-6-5-7-19(14-16)31(28,29)26-17-10-12-18(30-2)13-11-17/h3-14,26H,1-2H3,(H,25,27)/b24-15-. The summed E-state index contributed by atoms with van der Waals surface area (Å²) in [6.07, 6.45) is 0. The Labute approximate surface area is 185 Å². The summed E-state index contributed by atoms with van der Waals surface area (Å²) in [4.78, 5) is 12.4. The van der Waals surface area contributed by atoms with E-state index in [4.69, 9.17) is 16.3 Å². The van der Waals surface area contributed by atoms with E-state index in [2.05, 4.69) is 15.2 Å². The summed E-state index contributed by atoms with van der Waals surface area (Å²) in [6, 6.07) is 19.2. The minimum Gasteiger partial charge on any atom is -0.497 e. The van der Waals surface area contributed by atoms with Crippen LogP contribution in [0.15, 0.2) is 82.8 Å². The lowest BCUT2D eigenvalue weighted by atomic mass is 10.1. The van der Waals surface area contributed by atoms with E-state index >= 15 is 0 Å². The molecular formula is C22H20ClN3O4S. The van der Waals surface area contributed by atoms with Crippen LogP contribution in [0.2, 0.25) is 5.02 Å². The number of amides is 1. The van der Waals surface area contributed by atoms with Gasteiger partial charge in [0, 0.05) is 21.8 Å². The van der Waals surface area contributed by atoms with Crippen molar-refractivity contribution in [2.75, 3.05) is 11.8 Å². The Kier molecular flexibility index (Phi) is 6.94. The molecule has 0 fully saturated rings. The van der Waals surface area contributed by atoms with Gasteiger partial charge in [0.1, 0.15) is 5.75 Å². The molecule has 0 aromatic heterocycles. The average Bonchev–Trinajstić information content (AvgIpc) is 2.78. The van der Waals surface area contributed by atoms with E-state index < -0.39 is 15.9 Å². The molecule has 0 aliphatic heterocycles. The van der Waals surface area contributed by atoms with Crippen LogP contribution in [0.4, 0.5) is 5.69 Å². The Bertz CT molecular complexity index is 1230. The molecule has 1 amide bonds. The van der Waals surface area contributed by atoms with Crippen molar-refractivity contribution in [3.8, 4) is 5.75 Å². The van der Waals surface area contributed by atoms with Gasteiger partial charge >= 0.3 is 0 Å². The van der Waals surface area contributed by atoms with Gasteiger partial charge in [0.15, 0.2) is 0 Å². The summed E-state index contributed by atoms with van der Waals surface area (Å²) >= 11 is 6.13. The van der Waals surface area contributed by atoms with E-state index in [1.807, 2.05) is 6.07 Å². The fraction of sp³-hybridized carbons (Fsp3) is 0.0909. The minimum absolute atomic E-state index is 0.0530. The van der Waals surface area contributed by atoms with Crippen molar-refractivity contribution in [3.63, 3.8) is 0 Å². The summed E-state index contributed by atoms with van der Waals surface area (Å²) in [5.74, 6) is 0.0576. The first-order valence-corrected chi connectivity index (χ1v) is 11.0. The molecule has 31 heavy (non-hydrogen) atoms. The lowest BCUT2D eigenvalue weighted by Crippen LogP contribution is -2.20. The zero-order valence-corrected chi connectivity index (χ0v) is 18.4. The number of sulfonamides is 1. The molecule has 3 aromatic rings. The van der Waals surface area contributed by atoms with E-state index in [-0.39, 0.29) is 10.5 Å². The molecule has 7 nitrogen and oxygen atoms in total. The number of nitrogens with one attached hydrogen (secondary N) is 2. The van der Waals surface area contributed by atoms with E-state index in [0.29, 0.717) is 27.7 Å². The van der Waals surface area contributed by atoms with Crippen LogP contribution < -0.4 is 14.9 Å². The number of ether oxygens (including phenoxy) is 1. The number of rotatable bonds is 7. The molecule has 0 atom stereocenters. The lowest BCUT2D eigenvalue weighted by molar-refractivity contribution is 0.0954. The van der Waals surface area contributed by atoms with Crippen molar-refractivity contribution < 1.29 is 17.9 Å². The molecule has 2 N–H and O–H groups in total. The van der Waals surface area contributed by atoms with Gasteiger partial charge in [-0.25, -0.2) is 13.8 Å². The fourth-order valence-electron chi connectivity index (χ4n) is 2.69. The van der Waals surface area contributed by atoms with Crippen molar-refractivity contribution in [1.29, 1.82) is 0 Å². The van der Waals surface area contributed by atoms with Crippen molar-refractivity contribution in [2.24, 2.45) is 5.10 Å². The smallest absolute Gasteiger partial charge is 0.271 e. The number of carbonyl (C=O) groups excluding carboxylic acids is 1. The fourth-order valence-corrected chi connectivity index (χ4v) is 4.07. The van der Waals surface area contributed by atoms with Gasteiger partial charge in [0.05, 0.1) is 17.7 Å². The molecule has 0 bridgehead atoms. The highest BCUT2D eigenvalue weighted by Gasteiger charge is 2.17. The van der Waals surface area contributed by atoms with Gasteiger partial charge in [0.2, 0.25) is 0 Å². The van der Waals surface area contributed by atoms with Crippen LogP contribution in [-0.4, -0.2) is 27.1 Å². The SMILES string of the molecule is COc1ccc(NS(=O)(=O)c2cccc(C(=O)N/N=C(/C)c3ccccc3Cl)c2)cc1. The van der Waals surface area contributed by atoms with Gasteiger partial charge in [-0.15, -0.1) is 0 Å². The van der Waals surface area contributed by atoms with Gasteiger partial charge in [-0.05, 0) is 55.5 Å². The Morgan fingerprint density at radius 3 is 2.39 bits per heavy atom. The summed E-state index contributed by atoms with van der Waals surface area (Å²) in [5.41, 5.74) is 4.15. The van der Waals surface area contributed by atoms with Crippen LogP contribution >= 0.6 is 11.6 Å². The first kappa shape index (κ1) is 22.3. The zero-order chi connectivity index (χ0) is 22.4.